The van der Waals surface area contributed by atoms with Crippen molar-refractivity contribution in [2.75, 3.05) is 0 Å². The van der Waals surface area contributed by atoms with Crippen LogP contribution in [0.15, 0.2) is 51.4 Å². The Morgan fingerprint density at radius 2 is 1.76 bits per heavy atom. The third-order valence-corrected chi connectivity index (χ3v) is 3.27. The van der Waals surface area contributed by atoms with Gasteiger partial charge < -0.3 is 4.74 Å². The Labute approximate surface area is 116 Å². The summed E-state index contributed by atoms with van der Waals surface area (Å²) in [5.41, 5.74) is 0.495. The fourth-order valence-corrected chi connectivity index (χ4v) is 2.05. The van der Waals surface area contributed by atoms with Crippen molar-refractivity contribution < 1.29 is 4.74 Å². The zero-order valence-corrected chi connectivity index (χ0v) is 11.8. The van der Waals surface area contributed by atoms with Crippen molar-refractivity contribution in [3.05, 3.63) is 57.0 Å². The van der Waals surface area contributed by atoms with Crippen LogP contribution in [-0.2, 0) is 0 Å². The quantitative estimate of drug-likeness (QED) is 0.771. The number of hydrogen-bond acceptors (Lipinski definition) is 2. The molecule has 0 fully saturated rings. The molecule has 0 aliphatic heterocycles. The highest BCUT2D eigenvalue weighted by Crippen LogP contribution is 2.32. The van der Waals surface area contributed by atoms with Gasteiger partial charge in [-0.25, -0.2) is 0 Å². The predicted octanol–water partition coefficient (Wildman–Crippen LogP) is 4.88. The minimum atomic E-state index is 0.495. The van der Waals surface area contributed by atoms with Gasteiger partial charge in [0.1, 0.15) is 17.6 Å². The summed E-state index contributed by atoms with van der Waals surface area (Å²) in [4.78, 5) is 0. The zero-order chi connectivity index (χ0) is 12.3. The van der Waals surface area contributed by atoms with E-state index in [1.807, 2.05) is 30.3 Å². The van der Waals surface area contributed by atoms with Crippen LogP contribution in [0.1, 0.15) is 5.56 Å². The number of rotatable bonds is 2. The van der Waals surface area contributed by atoms with E-state index in [0.29, 0.717) is 17.1 Å². The van der Waals surface area contributed by atoms with Crippen LogP contribution in [-0.4, -0.2) is 0 Å². The summed E-state index contributed by atoms with van der Waals surface area (Å²) in [6.07, 6.45) is 0. The second-order valence-electron chi connectivity index (χ2n) is 3.28. The smallest absolute Gasteiger partial charge is 0.145 e. The van der Waals surface area contributed by atoms with Crippen molar-refractivity contribution in [1.82, 2.24) is 0 Å². The summed E-state index contributed by atoms with van der Waals surface area (Å²) in [5, 5.41) is 9.03. The minimum Gasteiger partial charge on any atom is -0.455 e. The van der Waals surface area contributed by atoms with Crippen LogP contribution in [0.3, 0.4) is 0 Å². The van der Waals surface area contributed by atoms with Gasteiger partial charge in [0.25, 0.3) is 0 Å². The van der Waals surface area contributed by atoms with E-state index in [0.717, 1.165) is 8.95 Å². The number of benzene rings is 2. The van der Waals surface area contributed by atoms with Crippen molar-refractivity contribution in [2.24, 2.45) is 0 Å². The van der Waals surface area contributed by atoms with E-state index in [4.69, 9.17) is 10.00 Å². The van der Waals surface area contributed by atoms with Gasteiger partial charge in [-0.05, 0) is 46.3 Å². The molecule has 0 atom stereocenters. The average Bonchev–Trinajstić information content (AvgIpc) is 2.34. The van der Waals surface area contributed by atoms with Gasteiger partial charge in [0.2, 0.25) is 0 Å². The predicted molar refractivity (Wildman–Crippen MR) is 73.1 cm³/mol. The summed E-state index contributed by atoms with van der Waals surface area (Å²) in [7, 11) is 0. The Kier molecular flexibility index (Phi) is 3.82. The van der Waals surface area contributed by atoms with Crippen molar-refractivity contribution in [2.45, 2.75) is 0 Å². The van der Waals surface area contributed by atoms with Gasteiger partial charge in [0, 0.05) is 4.47 Å². The molecule has 0 aromatic heterocycles. The molecule has 2 aromatic carbocycles. The molecule has 2 aromatic rings. The maximum Gasteiger partial charge on any atom is 0.145 e. The van der Waals surface area contributed by atoms with E-state index in [1.54, 1.807) is 12.1 Å². The van der Waals surface area contributed by atoms with E-state index in [2.05, 4.69) is 37.9 Å². The largest absolute Gasteiger partial charge is 0.455 e. The van der Waals surface area contributed by atoms with E-state index in [-0.39, 0.29) is 0 Å². The van der Waals surface area contributed by atoms with Crippen LogP contribution in [0.2, 0.25) is 0 Å². The van der Waals surface area contributed by atoms with E-state index in [1.165, 1.54) is 0 Å². The lowest BCUT2D eigenvalue weighted by Crippen LogP contribution is -1.89. The molecule has 0 unspecified atom stereocenters. The van der Waals surface area contributed by atoms with Gasteiger partial charge in [-0.3, -0.25) is 0 Å². The normalized spacial score (nSPS) is 9.71. The van der Waals surface area contributed by atoms with Gasteiger partial charge in [-0.1, -0.05) is 28.1 Å². The molecular weight excluding hydrogens is 346 g/mol. The van der Waals surface area contributed by atoms with Crippen LogP contribution in [0.4, 0.5) is 0 Å². The third kappa shape index (κ3) is 2.87. The Balaban J connectivity index is 2.37. The first-order valence-electron chi connectivity index (χ1n) is 4.83. The number of halogens is 2. The molecule has 0 N–H and O–H groups in total. The number of ether oxygens (including phenoxy) is 1. The molecule has 0 bridgehead atoms. The molecule has 0 radical (unpaired) electrons. The second-order valence-corrected chi connectivity index (χ2v) is 5.05. The Hall–Kier alpha value is -1.31. The van der Waals surface area contributed by atoms with E-state index < -0.39 is 0 Å². The third-order valence-electron chi connectivity index (χ3n) is 2.12. The van der Waals surface area contributed by atoms with Gasteiger partial charge in [-0.2, -0.15) is 5.26 Å². The summed E-state index contributed by atoms with van der Waals surface area (Å²) in [6.45, 7) is 0. The highest BCUT2D eigenvalue weighted by atomic mass is 79.9. The monoisotopic (exact) mass is 351 g/mol. The molecule has 0 spiro atoms. The maximum absolute atomic E-state index is 9.03. The molecule has 0 heterocycles. The van der Waals surface area contributed by atoms with Crippen LogP contribution < -0.4 is 4.74 Å². The highest BCUT2D eigenvalue weighted by molar-refractivity contribution is 9.10. The second kappa shape index (κ2) is 5.35. The van der Waals surface area contributed by atoms with Crippen molar-refractivity contribution >= 4 is 31.9 Å². The fourth-order valence-electron chi connectivity index (χ4n) is 1.32. The SMILES string of the molecule is N#Cc1cc(Br)ccc1Oc1ccccc1Br. The van der Waals surface area contributed by atoms with Crippen LogP contribution in [0.25, 0.3) is 0 Å². The molecule has 2 rings (SSSR count). The molecule has 0 aliphatic carbocycles. The molecule has 17 heavy (non-hydrogen) atoms. The van der Waals surface area contributed by atoms with Crippen LogP contribution in [0.5, 0.6) is 11.5 Å². The summed E-state index contributed by atoms with van der Waals surface area (Å²) in [6, 6.07) is 15.0. The topological polar surface area (TPSA) is 33.0 Å². The van der Waals surface area contributed by atoms with Crippen LogP contribution in [0, 0.1) is 11.3 Å². The maximum atomic E-state index is 9.03. The first-order chi connectivity index (χ1) is 8.20. The minimum absolute atomic E-state index is 0.495. The summed E-state index contributed by atoms with van der Waals surface area (Å²) < 4.78 is 7.40. The van der Waals surface area contributed by atoms with Gasteiger partial charge in [-0.15, -0.1) is 0 Å². The number of nitriles is 1. The highest BCUT2D eigenvalue weighted by Gasteiger charge is 2.07. The Morgan fingerprint density at radius 1 is 1.00 bits per heavy atom. The summed E-state index contributed by atoms with van der Waals surface area (Å²) in [5.74, 6) is 1.23. The fraction of sp³-hybridized carbons (Fsp3) is 0. The van der Waals surface area contributed by atoms with Crippen molar-refractivity contribution in [1.29, 1.82) is 5.26 Å². The molecule has 84 valence electrons. The van der Waals surface area contributed by atoms with Gasteiger partial charge in [0.05, 0.1) is 10.0 Å². The average molecular weight is 353 g/mol. The number of para-hydroxylation sites is 1. The molecule has 2 nitrogen and oxygen atoms in total. The van der Waals surface area contributed by atoms with Gasteiger partial charge in [0.15, 0.2) is 0 Å². The van der Waals surface area contributed by atoms with Crippen molar-refractivity contribution in [3.8, 4) is 17.6 Å². The lowest BCUT2D eigenvalue weighted by molar-refractivity contribution is 0.478. The summed E-state index contributed by atoms with van der Waals surface area (Å²) >= 11 is 6.72. The molecule has 0 saturated carbocycles. The lowest BCUT2D eigenvalue weighted by Gasteiger charge is -2.08. The number of hydrogen-bond donors (Lipinski definition) is 0. The molecule has 0 saturated heterocycles. The number of nitrogens with zero attached hydrogens (tertiary/aromatic N) is 1. The Bertz CT molecular complexity index is 590. The molecule has 0 amide bonds. The standard InChI is InChI=1S/C13H7Br2NO/c14-10-5-6-12(9(7-10)8-16)17-13-4-2-1-3-11(13)15/h1-7H. The first-order valence-corrected chi connectivity index (χ1v) is 6.41. The molecular formula is C13H7Br2NO. The first kappa shape index (κ1) is 12.2. The molecule has 0 aliphatic rings. The van der Waals surface area contributed by atoms with Crippen LogP contribution >= 0.6 is 31.9 Å². The van der Waals surface area contributed by atoms with E-state index >= 15 is 0 Å². The zero-order valence-electron chi connectivity index (χ0n) is 8.65. The van der Waals surface area contributed by atoms with Gasteiger partial charge >= 0.3 is 0 Å². The van der Waals surface area contributed by atoms with E-state index in [9.17, 15) is 0 Å². The molecule has 4 heteroatoms. The van der Waals surface area contributed by atoms with Crippen molar-refractivity contribution in [3.63, 3.8) is 0 Å². The lowest BCUT2D eigenvalue weighted by atomic mass is 10.2. The Morgan fingerprint density at radius 3 is 2.47 bits per heavy atom.